The molecule has 0 aliphatic heterocycles. The lowest BCUT2D eigenvalue weighted by Crippen LogP contribution is -2.06. The first-order valence-corrected chi connectivity index (χ1v) is 9.27. The number of hydrogen-bond donors (Lipinski definition) is 1. The number of para-hydroxylation sites is 1. The van der Waals surface area contributed by atoms with Crippen LogP contribution in [-0.2, 0) is 6.54 Å². The number of aliphatic hydroxyl groups excluding tert-OH is 1. The zero-order valence-corrected chi connectivity index (χ0v) is 14.5. The van der Waals surface area contributed by atoms with Gasteiger partial charge in [0, 0.05) is 6.54 Å². The van der Waals surface area contributed by atoms with Gasteiger partial charge < -0.3 is 5.11 Å². The van der Waals surface area contributed by atoms with E-state index < -0.39 is 0 Å². The molecule has 0 bridgehead atoms. The summed E-state index contributed by atoms with van der Waals surface area (Å²) in [6, 6.07) is 8.10. The van der Waals surface area contributed by atoms with Crippen molar-refractivity contribution in [3.05, 3.63) is 24.3 Å². The minimum atomic E-state index is -0.0916. The fourth-order valence-electron chi connectivity index (χ4n) is 3.03. The van der Waals surface area contributed by atoms with Crippen LogP contribution in [0.3, 0.4) is 0 Å². The zero-order valence-electron chi connectivity index (χ0n) is 14.5. The molecule has 1 heterocycles. The molecular formula is C19H31N3O. The van der Waals surface area contributed by atoms with Crippen LogP contribution in [0.15, 0.2) is 24.3 Å². The maximum atomic E-state index is 9.95. The fraction of sp³-hybridized carbons (Fsp3) is 0.684. The van der Waals surface area contributed by atoms with Gasteiger partial charge in [0.2, 0.25) is 0 Å². The van der Waals surface area contributed by atoms with E-state index in [9.17, 15) is 5.11 Å². The van der Waals surface area contributed by atoms with Crippen molar-refractivity contribution in [1.82, 2.24) is 15.0 Å². The summed E-state index contributed by atoms with van der Waals surface area (Å²) in [7, 11) is 0. The maximum Gasteiger partial charge on any atom is 0.113 e. The quantitative estimate of drug-likeness (QED) is 0.577. The molecule has 2 aromatic rings. The molecule has 0 fully saturated rings. The molecule has 2 rings (SSSR count). The van der Waals surface area contributed by atoms with Crippen molar-refractivity contribution < 1.29 is 5.11 Å². The first-order valence-electron chi connectivity index (χ1n) is 9.27. The lowest BCUT2D eigenvalue weighted by molar-refractivity contribution is 0.147. The van der Waals surface area contributed by atoms with Crippen LogP contribution in [-0.4, -0.2) is 26.2 Å². The van der Waals surface area contributed by atoms with Crippen LogP contribution in [0.5, 0.6) is 0 Å². The maximum absolute atomic E-state index is 9.95. The molecule has 0 aliphatic carbocycles. The van der Waals surface area contributed by atoms with Gasteiger partial charge in [-0.25, -0.2) is 4.68 Å². The van der Waals surface area contributed by atoms with Crippen LogP contribution in [0.25, 0.3) is 11.0 Å². The van der Waals surface area contributed by atoms with Crippen molar-refractivity contribution in [2.75, 3.05) is 0 Å². The van der Waals surface area contributed by atoms with Crippen molar-refractivity contribution in [2.24, 2.45) is 0 Å². The molecule has 1 unspecified atom stereocenters. The predicted molar refractivity (Wildman–Crippen MR) is 95.4 cm³/mol. The van der Waals surface area contributed by atoms with Gasteiger partial charge in [0.05, 0.1) is 11.6 Å². The summed E-state index contributed by atoms with van der Waals surface area (Å²) in [4.78, 5) is 0. The van der Waals surface area contributed by atoms with E-state index >= 15 is 0 Å². The molecule has 0 spiro atoms. The van der Waals surface area contributed by atoms with Gasteiger partial charge in [-0.05, 0) is 31.4 Å². The second-order valence-corrected chi connectivity index (χ2v) is 6.51. The Balaban J connectivity index is 1.52. The second-order valence-electron chi connectivity index (χ2n) is 6.51. The molecule has 23 heavy (non-hydrogen) atoms. The zero-order chi connectivity index (χ0) is 16.3. The molecule has 0 aliphatic rings. The number of benzene rings is 1. The molecule has 1 atom stereocenters. The van der Waals surface area contributed by atoms with E-state index in [1.165, 1.54) is 38.5 Å². The summed E-state index contributed by atoms with van der Waals surface area (Å²) in [5.74, 6) is 0. The summed E-state index contributed by atoms with van der Waals surface area (Å²) < 4.78 is 2.00. The normalized spacial score (nSPS) is 12.8. The number of unbranched alkanes of at least 4 members (excludes halogenated alkanes) is 6. The highest BCUT2D eigenvalue weighted by molar-refractivity contribution is 5.73. The number of aromatic nitrogens is 3. The molecule has 4 nitrogen and oxygen atoms in total. The summed E-state index contributed by atoms with van der Waals surface area (Å²) in [5, 5.41) is 18.3. The predicted octanol–water partition coefficient (Wildman–Crippen LogP) is 4.71. The summed E-state index contributed by atoms with van der Waals surface area (Å²) >= 11 is 0. The van der Waals surface area contributed by atoms with Crippen molar-refractivity contribution in [3.8, 4) is 0 Å². The van der Waals surface area contributed by atoms with Gasteiger partial charge in [-0.15, -0.1) is 5.10 Å². The summed E-state index contributed by atoms with van der Waals surface area (Å²) in [5.41, 5.74) is 2.09. The van der Waals surface area contributed by atoms with E-state index in [0.717, 1.165) is 43.3 Å². The second kappa shape index (κ2) is 10.4. The van der Waals surface area contributed by atoms with Crippen LogP contribution < -0.4 is 0 Å². The molecule has 1 aromatic carbocycles. The number of fused-ring (bicyclic) bond motifs is 1. The van der Waals surface area contributed by atoms with Crippen LogP contribution in [0, 0.1) is 0 Å². The Kier molecular flexibility index (Phi) is 8.08. The number of hydrogen-bond acceptors (Lipinski definition) is 3. The topological polar surface area (TPSA) is 50.9 Å². The lowest BCUT2D eigenvalue weighted by atomic mass is 10.0. The first-order chi connectivity index (χ1) is 11.3. The average molecular weight is 317 g/mol. The van der Waals surface area contributed by atoms with E-state index in [1.807, 2.05) is 22.9 Å². The third-order valence-corrected chi connectivity index (χ3v) is 4.47. The van der Waals surface area contributed by atoms with E-state index in [0.29, 0.717) is 0 Å². The van der Waals surface area contributed by atoms with Crippen molar-refractivity contribution >= 4 is 11.0 Å². The highest BCUT2D eigenvalue weighted by Crippen LogP contribution is 2.14. The molecule has 128 valence electrons. The Bertz CT molecular complexity index is 552. The molecule has 1 aromatic heterocycles. The molecule has 4 heteroatoms. The number of rotatable bonds is 12. The summed E-state index contributed by atoms with van der Waals surface area (Å²) in [6.45, 7) is 3.15. The molecule has 0 saturated carbocycles. The Morgan fingerprint density at radius 3 is 2.43 bits per heavy atom. The highest BCUT2D eigenvalue weighted by atomic mass is 16.3. The smallest absolute Gasteiger partial charge is 0.113 e. The Morgan fingerprint density at radius 1 is 0.957 bits per heavy atom. The largest absolute Gasteiger partial charge is 0.393 e. The van der Waals surface area contributed by atoms with Gasteiger partial charge in [-0.3, -0.25) is 0 Å². The monoisotopic (exact) mass is 317 g/mol. The fourth-order valence-corrected chi connectivity index (χ4v) is 3.03. The average Bonchev–Trinajstić information content (AvgIpc) is 2.98. The van der Waals surface area contributed by atoms with Gasteiger partial charge in [0.15, 0.2) is 0 Å². The number of aliphatic hydroxyl groups is 1. The van der Waals surface area contributed by atoms with Crippen molar-refractivity contribution in [2.45, 2.75) is 83.8 Å². The van der Waals surface area contributed by atoms with Gasteiger partial charge in [0.25, 0.3) is 0 Å². The molecule has 0 radical (unpaired) electrons. The van der Waals surface area contributed by atoms with Gasteiger partial charge >= 0.3 is 0 Å². The van der Waals surface area contributed by atoms with Crippen molar-refractivity contribution in [1.29, 1.82) is 0 Å². The molecule has 1 N–H and O–H groups in total. The van der Waals surface area contributed by atoms with E-state index in [-0.39, 0.29) is 6.10 Å². The van der Waals surface area contributed by atoms with Crippen LogP contribution >= 0.6 is 0 Å². The third-order valence-electron chi connectivity index (χ3n) is 4.47. The Labute approximate surface area is 139 Å². The van der Waals surface area contributed by atoms with Gasteiger partial charge in [-0.1, -0.05) is 69.2 Å². The minimum Gasteiger partial charge on any atom is -0.393 e. The third kappa shape index (κ3) is 6.30. The van der Waals surface area contributed by atoms with E-state index in [4.69, 9.17) is 0 Å². The molecular weight excluding hydrogens is 286 g/mol. The SMILES string of the molecule is CCCCCCC(O)CCCCCCn1nnc2ccccc21. The van der Waals surface area contributed by atoms with Gasteiger partial charge in [0.1, 0.15) is 5.52 Å². The van der Waals surface area contributed by atoms with E-state index in [1.54, 1.807) is 0 Å². The van der Waals surface area contributed by atoms with Crippen LogP contribution in [0.1, 0.15) is 71.1 Å². The number of aryl methyl sites for hydroxylation is 1. The standard InChI is InChI=1S/C19H31N3O/c1-2-3-4-7-12-17(23)13-8-5-6-11-16-22-19-15-10-9-14-18(19)20-21-22/h9-10,14-15,17,23H,2-8,11-13,16H2,1H3. The van der Waals surface area contributed by atoms with E-state index in [2.05, 4.69) is 23.3 Å². The van der Waals surface area contributed by atoms with Gasteiger partial charge in [-0.2, -0.15) is 0 Å². The Morgan fingerprint density at radius 2 is 1.65 bits per heavy atom. The Hall–Kier alpha value is -1.42. The van der Waals surface area contributed by atoms with Crippen LogP contribution in [0.2, 0.25) is 0 Å². The molecule has 0 saturated heterocycles. The first kappa shape index (κ1) is 17.9. The summed E-state index contributed by atoms with van der Waals surface area (Å²) in [6.07, 6.45) is 11.5. The van der Waals surface area contributed by atoms with Crippen molar-refractivity contribution in [3.63, 3.8) is 0 Å². The lowest BCUT2D eigenvalue weighted by Gasteiger charge is -2.10. The highest BCUT2D eigenvalue weighted by Gasteiger charge is 2.05. The molecule has 0 amide bonds. The number of nitrogens with zero attached hydrogens (tertiary/aromatic N) is 3. The minimum absolute atomic E-state index is 0.0916. The van der Waals surface area contributed by atoms with Crippen LogP contribution in [0.4, 0.5) is 0 Å².